The van der Waals surface area contributed by atoms with Gasteiger partial charge in [0.25, 0.3) is 5.91 Å². The van der Waals surface area contributed by atoms with Crippen LogP contribution in [-0.2, 0) is 9.53 Å². The third-order valence-electron chi connectivity index (χ3n) is 2.74. The number of hydrogen-bond donors (Lipinski definition) is 2. The van der Waals surface area contributed by atoms with Gasteiger partial charge in [0.15, 0.2) is 0 Å². The fourth-order valence-corrected chi connectivity index (χ4v) is 1.36. The number of ether oxygens (including phenoxy) is 1. The molecule has 0 saturated carbocycles. The number of amides is 1. The largest absolute Gasteiger partial charge is 0.393 e. The van der Waals surface area contributed by atoms with Crippen molar-refractivity contribution in [2.75, 3.05) is 13.7 Å². The van der Waals surface area contributed by atoms with Gasteiger partial charge in [-0.3, -0.25) is 4.79 Å². The first-order chi connectivity index (χ1) is 7.46. The highest BCUT2D eigenvalue weighted by atomic mass is 32.1. The van der Waals surface area contributed by atoms with Crippen LogP contribution in [-0.4, -0.2) is 30.2 Å². The Morgan fingerprint density at radius 2 is 2.12 bits per heavy atom. The van der Waals surface area contributed by atoms with Gasteiger partial charge in [0, 0.05) is 13.7 Å². The number of rotatable bonds is 8. The minimum absolute atomic E-state index is 0.0622. The Hall–Kier alpha value is -0.680. The Bertz CT molecular complexity index is 240. The Balaban J connectivity index is 3.77. The number of nitrogens with one attached hydrogen (secondary N) is 1. The lowest BCUT2D eigenvalue weighted by Crippen LogP contribution is -2.45. The van der Waals surface area contributed by atoms with E-state index >= 15 is 0 Å². The molecule has 5 heteroatoms. The minimum Gasteiger partial charge on any atom is -0.393 e. The quantitative estimate of drug-likeness (QED) is 0.501. The summed E-state index contributed by atoms with van der Waals surface area (Å²) in [6.45, 7) is 4.35. The summed E-state index contributed by atoms with van der Waals surface area (Å²) in [5.74, 6) is -0.0622. The van der Waals surface area contributed by atoms with E-state index in [0.29, 0.717) is 18.0 Å². The van der Waals surface area contributed by atoms with E-state index in [1.54, 1.807) is 14.0 Å². The molecule has 0 heterocycles. The molecule has 0 aliphatic rings. The summed E-state index contributed by atoms with van der Waals surface area (Å²) in [7, 11) is 1.55. The second-order valence-electron chi connectivity index (χ2n) is 3.97. The normalized spacial score (nSPS) is 14.2. The maximum atomic E-state index is 11.7. The molecule has 16 heavy (non-hydrogen) atoms. The monoisotopic (exact) mass is 246 g/mol. The second-order valence-corrected chi connectivity index (χ2v) is 4.49. The molecule has 4 nitrogen and oxygen atoms in total. The SMILES string of the molecule is CCC(C)(OC)C(=O)NCCCCC(N)=S. The van der Waals surface area contributed by atoms with E-state index in [2.05, 4.69) is 5.32 Å². The van der Waals surface area contributed by atoms with Crippen molar-refractivity contribution >= 4 is 23.1 Å². The third kappa shape index (κ3) is 5.42. The molecule has 0 rings (SSSR count). The van der Waals surface area contributed by atoms with E-state index in [9.17, 15) is 4.79 Å². The van der Waals surface area contributed by atoms with E-state index in [4.69, 9.17) is 22.7 Å². The Morgan fingerprint density at radius 3 is 2.56 bits per heavy atom. The molecular formula is C11H22N2O2S. The zero-order valence-electron chi connectivity index (χ0n) is 10.3. The van der Waals surface area contributed by atoms with Gasteiger partial charge in [-0.1, -0.05) is 19.1 Å². The van der Waals surface area contributed by atoms with Crippen LogP contribution in [0.1, 0.15) is 39.5 Å². The van der Waals surface area contributed by atoms with Gasteiger partial charge in [-0.25, -0.2) is 0 Å². The first-order valence-electron chi connectivity index (χ1n) is 5.58. The van der Waals surface area contributed by atoms with Gasteiger partial charge >= 0.3 is 0 Å². The highest BCUT2D eigenvalue weighted by Gasteiger charge is 2.30. The molecule has 0 aromatic carbocycles. The van der Waals surface area contributed by atoms with Gasteiger partial charge < -0.3 is 15.8 Å². The van der Waals surface area contributed by atoms with Crippen LogP contribution in [0.25, 0.3) is 0 Å². The molecule has 3 N–H and O–H groups in total. The van der Waals surface area contributed by atoms with Crippen molar-refractivity contribution in [2.45, 2.75) is 45.1 Å². The molecule has 0 bridgehead atoms. The van der Waals surface area contributed by atoms with Crippen molar-refractivity contribution in [3.63, 3.8) is 0 Å². The zero-order valence-corrected chi connectivity index (χ0v) is 11.2. The number of hydrogen-bond acceptors (Lipinski definition) is 3. The van der Waals surface area contributed by atoms with E-state index in [1.807, 2.05) is 6.92 Å². The number of unbranched alkanes of at least 4 members (excludes halogenated alkanes) is 1. The van der Waals surface area contributed by atoms with Crippen molar-refractivity contribution in [3.05, 3.63) is 0 Å². The summed E-state index contributed by atoms with van der Waals surface area (Å²) in [6, 6.07) is 0. The Morgan fingerprint density at radius 1 is 1.50 bits per heavy atom. The van der Waals surface area contributed by atoms with Crippen LogP contribution in [0.15, 0.2) is 0 Å². The highest BCUT2D eigenvalue weighted by molar-refractivity contribution is 7.80. The number of methoxy groups -OCH3 is 1. The van der Waals surface area contributed by atoms with Gasteiger partial charge in [-0.05, 0) is 32.6 Å². The van der Waals surface area contributed by atoms with Gasteiger partial charge in [0.05, 0.1) is 4.99 Å². The lowest BCUT2D eigenvalue weighted by molar-refractivity contribution is -0.141. The molecule has 1 unspecified atom stereocenters. The maximum Gasteiger partial charge on any atom is 0.251 e. The van der Waals surface area contributed by atoms with Crippen LogP contribution >= 0.6 is 12.2 Å². The summed E-state index contributed by atoms with van der Waals surface area (Å²) in [5, 5.41) is 2.85. The van der Waals surface area contributed by atoms with E-state index in [0.717, 1.165) is 19.3 Å². The molecule has 0 fully saturated rings. The molecule has 0 spiro atoms. The van der Waals surface area contributed by atoms with Crippen molar-refractivity contribution in [3.8, 4) is 0 Å². The fraction of sp³-hybridized carbons (Fsp3) is 0.818. The molecule has 0 aliphatic carbocycles. The van der Waals surface area contributed by atoms with Crippen LogP contribution in [0.2, 0.25) is 0 Å². The number of nitrogens with two attached hydrogens (primary N) is 1. The van der Waals surface area contributed by atoms with Crippen LogP contribution in [0.5, 0.6) is 0 Å². The summed E-state index contributed by atoms with van der Waals surface area (Å²) < 4.78 is 5.19. The third-order valence-corrected chi connectivity index (χ3v) is 2.95. The fourth-order valence-electron chi connectivity index (χ4n) is 1.21. The van der Waals surface area contributed by atoms with Crippen molar-refractivity contribution in [1.82, 2.24) is 5.32 Å². The Kier molecular flexibility index (Phi) is 7.25. The summed E-state index contributed by atoms with van der Waals surface area (Å²) in [6.07, 6.45) is 3.18. The molecule has 1 amide bonds. The second kappa shape index (κ2) is 7.57. The van der Waals surface area contributed by atoms with Crippen LogP contribution in [0.4, 0.5) is 0 Å². The average molecular weight is 246 g/mol. The highest BCUT2D eigenvalue weighted by Crippen LogP contribution is 2.13. The lowest BCUT2D eigenvalue weighted by atomic mass is 10.0. The first kappa shape index (κ1) is 15.3. The maximum absolute atomic E-state index is 11.7. The summed E-state index contributed by atoms with van der Waals surface area (Å²) >= 11 is 4.76. The first-order valence-corrected chi connectivity index (χ1v) is 5.99. The lowest BCUT2D eigenvalue weighted by Gasteiger charge is -2.25. The van der Waals surface area contributed by atoms with Gasteiger partial charge in [-0.15, -0.1) is 0 Å². The summed E-state index contributed by atoms with van der Waals surface area (Å²) in [4.78, 5) is 12.3. The van der Waals surface area contributed by atoms with Gasteiger partial charge in [0.2, 0.25) is 0 Å². The molecule has 0 aromatic heterocycles. The van der Waals surface area contributed by atoms with E-state index < -0.39 is 5.60 Å². The standard InChI is InChI=1S/C11H22N2O2S/c1-4-11(2,15-3)10(14)13-8-6-5-7-9(12)16/h4-8H2,1-3H3,(H2,12,16)(H,13,14). The topological polar surface area (TPSA) is 64.3 Å². The molecule has 0 aliphatic heterocycles. The summed E-state index contributed by atoms with van der Waals surface area (Å²) in [5.41, 5.74) is 4.65. The zero-order chi connectivity index (χ0) is 12.6. The molecule has 1 atom stereocenters. The molecule has 0 aromatic rings. The Labute approximate surface area is 103 Å². The average Bonchev–Trinajstić information content (AvgIpc) is 2.26. The van der Waals surface area contributed by atoms with Crippen molar-refractivity contribution < 1.29 is 9.53 Å². The number of thiocarbonyl (C=S) groups is 1. The minimum atomic E-state index is -0.719. The number of carbonyl (C=O) groups excluding carboxylic acids is 1. The van der Waals surface area contributed by atoms with Crippen LogP contribution in [0, 0.1) is 0 Å². The predicted octanol–water partition coefficient (Wildman–Crippen LogP) is 1.37. The van der Waals surface area contributed by atoms with E-state index in [1.165, 1.54) is 0 Å². The van der Waals surface area contributed by atoms with Crippen LogP contribution in [0.3, 0.4) is 0 Å². The molecule has 0 saturated heterocycles. The van der Waals surface area contributed by atoms with Gasteiger partial charge in [0.1, 0.15) is 5.60 Å². The van der Waals surface area contributed by atoms with Crippen molar-refractivity contribution in [2.24, 2.45) is 5.73 Å². The number of carbonyl (C=O) groups is 1. The van der Waals surface area contributed by atoms with Crippen LogP contribution < -0.4 is 11.1 Å². The van der Waals surface area contributed by atoms with Gasteiger partial charge in [-0.2, -0.15) is 0 Å². The predicted molar refractivity (Wildman–Crippen MR) is 69.4 cm³/mol. The van der Waals surface area contributed by atoms with Crippen molar-refractivity contribution in [1.29, 1.82) is 0 Å². The van der Waals surface area contributed by atoms with E-state index in [-0.39, 0.29) is 5.91 Å². The smallest absolute Gasteiger partial charge is 0.251 e. The molecule has 94 valence electrons. The molecule has 0 radical (unpaired) electrons. The molecular weight excluding hydrogens is 224 g/mol.